The standard InChI is InChI=1S/C17H26N2O/c1-14-7-6-8-15(2)19(14)13-17(20)18-12-11-16-9-4-3-5-10-16/h3-5,9-10,14-15H,6-8,11-13H2,1-2H3,(H,18,20). The number of amides is 1. The summed E-state index contributed by atoms with van der Waals surface area (Å²) in [6, 6.07) is 11.3. The Morgan fingerprint density at radius 2 is 1.85 bits per heavy atom. The average Bonchev–Trinajstić information content (AvgIpc) is 2.44. The van der Waals surface area contributed by atoms with Crippen molar-refractivity contribution < 1.29 is 4.79 Å². The number of hydrogen-bond acceptors (Lipinski definition) is 2. The maximum Gasteiger partial charge on any atom is 0.234 e. The number of nitrogens with zero attached hydrogens (tertiary/aromatic N) is 1. The molecule has 3 nitrogen and oxygen atoms in total. The monoisotopic (exact) mass is 274 g/mol. The summed E-state index contributed by atoms with van der Waals surface area (Å²) in [4.78, 5) is 14.4. The van der Waals surface area contributed by atoms with E-state index in [0.717, 1.165) is 13.0 Å². The zero-order valence-corrected chi connectivity index (χ0v) is 12.6. The van der Waals surface area contributed by atoms with Crippen LogP contribution in [0.1, 0.15) is 38.7 Å². The van der Waals surface area contributed by atoms with Crippen molar-refractivity contribution in [1.82, 2.24) is 10.2 Å². The van der Waals surface area contributed by atoms with Gasteiger partial charge < -0.3 is 5.32 Å². The van der Waals surface area contributed by atoms with Crippen LogP contribution in [0.15, 0.2) is 30.3 Å². The van der Waals surface area contributed by atoms with Crippen molar-refractivity contribution in [2.45, 2.75) is 51.6 Å². The van der Waals surface area contributed by atoms with Gasteiger partial charge in [0.15, 0.2) is 0 Å². The van der Waals surface area contributed by atoms with E-state index in [9.17, 15) is 4.79 Å². The molecule has 20 heavy (non-hydrogen) atoms. The van der Waals surface area contributed by atoms with Crippen molar-refractivity contribution in [3.05, 3.63) is 35.9 Å². The highest BCUT2D eigenvalue weighted by Gasteiger charge is 2.25. The lowest BCUT2D eigenvalue weighted by Gasteiger charge is -2.38. The zero-order chi connectivity index (χ0) is 14.4. The fraction of sp³-hybridized carbons (Fsp3) is 0.588. The quantitative estimate of drug-likeness (QED) is 0.895. The molecule has 1 amide bonds. The van der Waals surface area contributed by atoms with Gasteiger partial charge in [0, 0.05) is 18.6 Å². The third-order valence-corrected chi connectivity index (χ3v) is 4.28. The Hall–Kier alpha value is -1.35. The molecule has 2 rings (SSSR count). The summed E-state index contributed by atoms with van der Waals surface area (Å²) in [6.45, 7) is 5.72. The number of nitrogens with one attached hydrogen (secondary N) is 1. The van der Waals surface area contributed by atoms with Gasteiger partial charge in [-0.1, -0.05) is 36.8 Å². The van der Waals surface area contributed by atoms with E-state index >= 15 is 0 Å². The third kappa shape index (κ3) is 4.34. The predicted octanol–water partition coefficient (Wildman–Crippen LogP) is 2.61. The second-order valence-electron chi connectivity index (χ2n) is 5.89. The second kappa shape index (κ2) is 7.44. The van der Waals surface area contributed by atoms with Crippen LogP contribution in [0.4, 0.5) is 0 Å². The van der Waals surface area contributed by atoms with Crippen LogP contribution in [0.2, 0.25) is 0 Å². The fourth-order valence-corrected chi connectivity index (χ4v) is 3.00. The molecule has 2 atom stereocenters. The molecule has 1 heterocycles. The molecule has 0 radical (unpaired) electrons. The summed E-state index contributed by atoms with van der Waals surface area (Å²) < 4.78 is 0. The molecule has 1 aliphatic rings. The predicted molar refractivity (Wildman–Crippen MR) is 82.6 cm³/mol. The van der Waals surface area contributed by atoms with Crippen LogP contribution < -0.4 is 5.32 Å². The lowest BCUT2D eigenvalue weighted by molar-refractivity contribution is -0.123. The largest absolute Gasteiger partial charge is 0.355 e. The Kier molecular flexibility index (Phi) is 5.60. The summed E-state index contributed by atoms with van der Waals surface area (Å²) in [5.41, 5.74) is 1.27. The highest BCUT2D eigenvalue weighted by Crippen LogP contribution is 2.21. The minimum Gasteiger partial charge on any atom is -0.355 e. The van der Waals surface area contributed by atoms with E-state index in [1.54, 1.807) is 0 Å². The van der Waals surface area contributed by atoms with Gasteiger partial charge in [-0.25, -0.2) is 0 Å². The fourth-order valence-electron chi connectivity index (χ4n) is 3.00. The van der Waals surface area contributed by atoms with Crippen LogP contribution >= 0.6 is 0 Å². The van der Waals surface area contributed by atoms with E-state index in [2.05, 4.69) is 36.2 Å². The SMILES string of the molecule is CC1CCCC(C)N1CC(=O)NCCc1ccccc1. The number of carbonyl (C=O) groups is 1. The molecule has 0 saturated carbocycles. The van der Waals surface area contributed by atoms with E-state index < -0.39 is 0 Å². The number of rotatable bonds is 5. The summed E-state index contributed by atoms with van der Waals surface area (Å²) in [6.07, 6.45) is 4.61. The lowest BCUT2D eigenvalue weighted by atomic mass is 9.97. The van der Waals surface area contributed by atoms with Gasteiger partial charge in [-0.15, -0.1) is 0 Å². The van der Waals surface area contributed by atoms with Crippen LogP contribution in [0.3, 0.4) is 0 Å². The van der Waals surface area contributed by atoms with E-state index in [4.69, 9.17) is 0 Å². The van der Waals surface area contributed by atoms with Gasteiger partial charge in [-0.2, -0.15) is 0 Å². The van der Waals surface area contributed by atoms with Crippen molar-refractivity contribution >= 4 is 5.91 Å². The first kappa shape index (κ1) is 15.0. The Labute approximate surface area is 122 Å². The Morgan fingerprint density at radius 1 is 1.20 bits per heavy atom. The Bertz CT molecular complexity index is 408. The lowest BCUT2D eigenvalue weighted by Crippen LogP contribution is -2.48. The molecular formula is C17H26N2O. The molecule has 1 aromatic rings. The normalized spacial score (nSPS) is 23.5. The minimum absolute atomic E-state index is 0.154. The number of hydrogen-bond donors (Lipinski definition) is 1. The number of benzene rings is 1. The van der Waals surface area contributed by atoms with Crippen LogP contribution in [-0.2, 0) is 11.2 Å². The van der Waals surface area contributed by atoms with Crippen molar-refractivity contribution in [3.63, 3.8) is 0 Å². The number of piperidine rings is 1. The molecule has 2 unspecified atom stereocenters. The van der Waals surface area contributed by atoms with E-state index in [0.29, 0.717) is 18.6 Å². The number of likely N-dealkylation sites (tertiary alicyclic amines) is 1. The number of carbonyl (C=O) groups excluding carboxylic acids is 1. The van der Waals surface area contributed by atoms with Crippen LogP contribution in [0.25, 0.3) is 0 Å². The Morgan fingerprint density at radius 3 is 2.50 bits per heavy atom. The molecule has 1 aliphatic heterocycles. The highest BCUT2D eigenvalue weighted by molar-refractivity contribution is 5.78. The highest BCUT2D eigenvalue weighted by atomic mass is 16.2. The van der Waals surface area contributed by atoms with Gasteiger partial charge >= 0.3 is 0 Å². The minimum atomic E-state index is 0.154. The molecule has 0 bridgehead atoms. The van der Waals surface area contributed by atoms with Crippen LogP contribution in [0, 0.1) is 0 Å². The molecule has 1 saturated heterocycles. The zero-order valence-electron chi connectivity index (χ0n) is 12.6. The molecule has 1 fully saturated rings. The summed E-state index contributed by atoms with van der Waals surface area (Å²) in [5.74, 6) is 0.154. The van der Waals surface area contributed by atoms with Gasteiger partial charge in [-0.3, -0.25) is 9.69 Å². The maximum absolute atomic E-state index is 12.0. The summed E-state index contributed by atoms with van der Waals surface area (Å²) in [7, 11) is 0. The first-order valence-corrected chi connectivity index (χ1v) is 7.73. The average molecular weight is 274 g/mol. The molecule has 0 aromatic heterocycles. The first-order valence-electron chi connectivity index (χ1n) is 7.73. The maximum atomic E-state index is 12.0. The molecule has 110 valence electrons. The topological polar surface area (TPSA) is 32.3 Å². The smallest absolute Gasteiger partial charge is 0.234 e. The summed E-state index contributed by atoms with van der Waals surface area (Å²) in [5, 5.41) is 3.04. The Balaban J connectivity index is 1.72. The molecule has 1 aromatic carbocycles. The molecule has 1 N–H and O–H groups in total. The van der Waals surface area contributed by atoms with E-state index in [1.165, 1.54) is 24.8 Å². The molecule has 3 heteroatoms. The van der Waals surface area contributed by atoms with Gasteiger partial charge in [0.25, 0.3) is 0 Å². The van der Waals surface area contributed by atoms with Gasteiger partial charge in [0.1, 0.15) is 0 Å². The van der Waals surface area contributed by atoms with Crippen molar-refractivity contribution in [2.24, 2.45) is 0 Å². The van der Waals surface area contributed by atoms with Crippen LogP contribution in [0.5, 0.6) is 0 Å². The molecular weight excluding hydrogens is 248 g/mol. The van der Waals surface area contributed by atoms with Gasteiger partial charge in [0.05, 0.1) is 6.54 Å². The third-order valence-electron chi connectivity index (χ3n) is 4.28. The second-order valence-corrected chi connectivity index (χ2v) is 5.89. The van der Waals surface area contributed by atoms with E-state index in [-0.39, 0.29) is 5.91 Å². The van der Waals surface area contributed by atoms with Gasteiger partial charge in [0.2, 0.25) is 5.91 Å². The van der Waals surface area contributed by atoms with Crippen LogP contribution in [-0.4, -0.2) is 36.0 Å². The molecule has 0 spiro atoms. The first-order chi connectivity index (χ1) is 9.66. The van der Waals surface area contributed by atoms with Crippen molar-refractivity contribution in [1.29, 1.82) is 0 Å². The van der Waals surface area contributed by atoms with E-state index in [1.807, 2.05) is 18.2 Å². The van der Waals surface area contributed by atoms with Gasteiger partial charge in [-0.05, 0) is 38.7 Å². The van der Waals surface area contributed by atoms with Crippen molar-refractivity contribution in [3.8, 4) is 0 Å². The van der Waals surface area contributed by atoms with Crippen molar-refractivity contribution in [2.75, 3.05) is 13.1 Å². The summed E-state index contributed by atoms with van der Waals surface area (Å²) >= 11 is 0. The molecule has 0 aliphatic carbocycles.